The molecule has 3 aromatic carbocycles. The fourth-order valence-corrected chi connectivity index (χ4v) is 2.84. The van der Waals surface area contributed by atoms with Crippen LogP contribution in [0, 0.1) is 5.82 Å². The first-order valence-electron chi connectivity index (χ1n) is 9.36. The van der Waals surface area contributed by atoms with Crippen LogP contribution in [0.3, 0.4) is 0 Å². The Balaban J connectivity index is 0.00000136. The molecule has 1 N–H and O–H groups in total. The third kappa shape index (κ3) is 6.23. The van der Waals surface area contributed by atoms with Gasteiger partial charge in [0.2, 0.25) is 0 Å². The van der Waals surface area contributed by atoms with Crippen LogP contribution >= 0.6 is 0 Å². The molecule has 146 valence electrons. The summed E-state index contributed by atoms with van der Waals surface area (Å²) in [6.07, 6.45) is -0.0597. The number of carbonyl (C=O) groups is 1. The highest BCUT2D eigenvalue weighted by Crippen LogP contribution is 2.29. The standard InChI is InChI=1S/C22H19FO3.C2H6/c23-19-10-6-17(7-11-19)21(14-22(24)25)18-8-12-20(13-9-18)26-15-16-4-2-1-3-5-16;1-2/h1-13,21H,14-15H2,(H,24,25);1-2H3. The molecule has 0 aliphatic rings. The number of hydrogen-bond acceptors (Lipinski definition) is 2. The van der Waals surface area contributed by atoms with Gasteiger partial charge in [0.25, 0.3) is 0 Å². The predicted octanol–water partition coefficient (Wildman–Crippen LogP) is 6.04. The van der Waals surface area contributed by atoms with Crippen molar-refractivity contribution in [2.45, 2.75) is 32.8 Å². The van der Waals surface area contributed by atoms with Crippen LogP contribution in [0.4, 0.5) is 4.39 Å². The second-order valence-corrected chi connectivity index (χ2v) is 6.05. The minimum Gasteiger partial charge on any atom is -0.489 e. The zero-order valence-electron chi connectivity index (χ0n) is 16.1. The van der Waals surface area contributed by atoms with E-state index in [2.05, 4.69) is 0 Å². The van der Waals surface area contributed by atoms with Gasteiger partial charge >= 0.3 is 5.97 Å². The molecule has 0 bridgehead atoms. The first kappa shape index (κ1) is 21.2. The van der Waals surface area contributed by atoms with E-state index in [0.29, 0.717) is 12.4 Å². The van der Waals surface area contributed by atoms with Crippen molar-refractivity contribution in [2.24, 2.45) is 0 Å². The van der Waals surface area contributed by atoms with Crippen molar-refractivity contribution in [1.82, 2.24) is 0 Å². The monoisotopic (exact) mass is 380 g/mol. The van der Waals surface area contributed by atoms with Crippen molar-refractivity contribution >= 4 is 5.97 Å². The van der Waals surface area contributed by atoms with Crippen molar-refractivity contribution in [2.75, 3.05) is 0 Å². The summed E-state index contributed by atoms with van der Waals surface area (Å²) >= 11 is 0. The second kappa shape index (κ2) is 10.9. The predicted molar refractivity (Wildman–Crippen MR) is 109 cm³/mol. The van der Waals surface area contributed by atoms with Gasteiger partial charge in [0.05, 0.1) is 6.42 Å². The summed E-state index contributed by atoms with van der Waals surface area (Å²) in [5.74, 6) is -0.863. The lowest BCUT2D eigenvalue weighted by Crippen LogP contribution is -2.08. The second-order valence-electron chi connectivity index (χ2n) is 6.05. The summed E-state index contributed by atoms with van der Waals surface area (Å²) in [6.45, 7) is 4.47. The normalized spacial score (nSPS) is 11.1. The number of carboxylic acids is 1. The highest BCUT2D eigenvalue weighted by Gasteiger charge is 2.18. The summed E-state index contributed by atoms with van der Waals surface area (Å²) < 4.78 is 18.9. The summed E-state index contributed by atoms with van der Waals surface area (Å²) in [4.78, 5) is 11.3. The smallest absolute Gasteiger partial charge is 0.304 e. The molecule has 3 rings (SSSR count). The number of aliphatic carboxylic acids is 1. The molecule has 0 amide bonds. The van der Waals surface area contributed by atoms with Gasteiger partial charge < -0.3 is 9.84 Å². The number of halogens is 1. The zero-order chi connectivity index (χ0) is 20.4. The van der Waals surface area contributed by atoms with Crippen LogP contribution < -0.4 is 4.74 Å². The summed E-state index contributed by atoms with van der Waals surface area (Å²) in [5, 5.41) is 9.23. The first-order chi connectivity index (χ1) is 13.6. The third-order valence-electron chi connectivity index (χ3n) is 4.18. The van der Waals surface area contributed by atoms with Gasteiger partial charge in [0.15, 0.2) is 0 Å². The lowest BCUT2D eigenvalue weighted by atomic mass is 9.88. The SMILES string of the molecule is CC.O=C(O)CC(c1ccc(F)cc1)c1ccc(OCc2ccccc2)cc1. The number of ether oxygens (including phenoxy) is 1. The Bertz CT molecular complexity index is 843. The Morgan fingerprint density at radius 3 is 1.96 bits per heavy atom. The molecule has 0 saturated carbocycles. The lowest BCUT2D eigenvalue weighted by Gasteiger charge is -2.17. The van der Waals surface area contributed by atoms with Gasteiger partial charge in [-0.3, -0.25) is 4.79 Å². The number of hydrogen-bond donors (Lipinski definition) is 1. The van der Waals surface area contributed by atoms with Crippen LogP contribution in [0.2, 0.25) is 0 Å². The molecule has 0 aromatic heterocycles. The maximum Gasteiger partial charge on any atom is 0.304 e. The molecule has 28 heavy (non-hydrogen) atoms. The van der Waals surface area contributed by atoms with E-state index in [-0.39, 0.29) is 18.2 Å². The molecule has 0 fully saturated rings. The number of carboxylic acid groups (broad SMARTS) is 1. The van der Waals surface area contributed by atoms with E-state index in [0.717, 1.165) is 16.7 Å². The van der Waals surface area contributed by atoms with Crippen LogP contribution in [0.1, 0.15) is 42.9 Å². The molecule has 4 heteroatoms. The summed E-state index contributed by atoms with van der Waals surface area (Å²) in [5.41, 5.74) is 2.70. The fourth-order valence-electron chi connectivity index (χ4n) is 2.84. The van der Waals surface area contributed by atoms with Crippen molar-refractivity contribution in [3.63, 3.8) is 0 Å². The number of rotatable bonds is 7. The summed E-state index contributed by atoms with van der Waals surface area (Å²) in [7, 11) is 0. The maximum absolute atomic E-state index is 13.2. The van der Waals surface area contributed by atoms with Gasteiger partial charge in [-0.2, -0.15) is 0 Å². The van der Waals surface area contributed by atoms with E-state index in [1.807, 2.05) is 68.4 Å². The van der Waals surface area contributed by atoms with Gasteiger partial charge in [-0.25, -0.2) is 4.39 Å². The molecule has 1 atom stereocenters. The fraction of sp³-hybridized carbons (Fsp3) is 0.208. The molecule has 0 spiro atoms. The molecule has 0 radical (unpaired) electrons. The molecule has 0 saturated heterocycles. The Morgan fingerprint density at radius 1 is 0.893 bits per heavy atom. The zero-order valence-corrected chi connectivity index (χ0v) is 16.1. The molecular weight excluding hydrogens is 355 g/mol. The van der Waals surface area contributed by atoms with E-state index in [1.54, 1.807) is 12.1 Å². The van der Waals surface area contributed by atoms with Gasteiger partial charge in [0.1, 0.15) is 18.2 Å². The Labute approximate surface area is 165 Å². The van der Waals surface area contributed by atoms with Crippen molar-refractivity contribution < 1.29 is 19.0 Å². The molecular formula is C24H25FO3. The van der Waals surface area contributed by atoms with E-state index in [9.17, 15) is 14.3 Å². The average molecular weight is 380 g/mol. The van der Waals surface area contributed by atoms with Crippen molar-refractivity contribution in [3.05, 3.63) is 101 Å². The topological polar surface area (TPSA) is 46.5 Å². The lowest BCUT2D eigenvalue weighted by molar-refractivity contribution is -0.137. The van der Waals surface area contributed by atoms with Gasteiger partial charge in [-0.15, -0.1) is 0 Å². The molecule has 3 nitrogen and oxygen atoms in total. The van der Waals surface area contributed by atoms with E-state index < -0.39 is 5.97 Å². The van der Waals surface area contributed by atoms with E-state index in [4.69, 9.17) is 4.74 Å². The number of benzene rings is 3. The van der Waals surface area contributed by atoms with Crippen LogP contribution in [-0.4, -0.2) is 11.1 Å². The molecule has 1 unspecified atom stereocenters. The van der Waals surface area contributed by atoms with Gasteiger partial charge in [-0.05, 0) is 41.0 Å². The van der Waals surface area contributed by atoms with E-state index >= 15 is 0 Å². The van der Waals surface area contributed by atoms with E-state index in [1.165, 1.54) is 12.1 Å². The largest absolute Gasteiger partial charge is 0.489 e. The van der Waals surface area contributed by atoms with Crippen LogP contribution in [0.5, 0.6) is 5.75 Å². The van der Waals surface area contributed by atoms with Crippen molar-refractivity contribution in [1.29, 1.82) is 0 Å². The Hall–Kier alpha value is -3.14. The molecule has 0 aliphatic heterocycles. The average Bonchev–Trinajstić information content (AvgIpc) is 2.74. The maximum atomic E-state index is 13.2. The van der Waals surface area contributed by atoms with Crippen LogP contribution in [0.25, 0.3) is 0 Å². The Kier molecular flexibility index (Phi) is 8.22. The quantitative estimate of drug-likeness (QED) is 0.544. The highest BCUT2D eigenvalue weighted by molar-refractivity contribution is 5.69. The minimum absolute atomic E-state index is 0.0597. The highest BCUT2D eigenvalue weighted by atomic mass is 19.1. The van der Waals surface area contributed by atoms with Crippen LogP contribution in [0.15, 0.2) is 78.9 Å². The molecule has 3 aromatic rings. The Morgan fingerprint density at radius 2 is 1.43 bits per heavy atom. The first-order valence-corrected chi connectivity index (χ1v) is 9.36. The molecule has 0 aliphatic carbocycles. The minimum atomic E-state index is -0.899. The third-order valence-corrected chi connectivity index (χ3v) is 4.18. The van der Waals surface area contributed by atoms with Gasteiger partial charge in [-0.1, -0.05) is 68.4 Å². The van der Waals surface area contributed by atoms with Crippen molar-refractivity contribution in [3.8, 4) is 5.75 Å². The van der Waals surface area contributed by atoms with Crippen LogP contribution in [-0.2, 0) is 11.4 Å². The summed E-state index contributed by atoms with van der Waals surface area (Å²) in [6, 6.07) is 23.2. The van der Waals surface area contributed by atoms with Gasteiger partial charge in [0, 0.05) is 5.92 Å². The molecule has 0 heterocycles.